The topological polar surface area (TPSA) is 82.2 Å². The Morgan fingerprint density at radius 1 is 1.56 bits per heavy atom. The fourth-order valence-electron chi connectivity index (χ4n) is 1.78. The monoisotopic (exact) mass is 256 g/mol. The molecule has 1 heterocycles. The molecule has 0 aliphatic heterocycles. The predicted molar refractivity (Wildman–Crippen MR) is 68.8 cm³/mol. The average Bonchev–Trinajstić information content (AvgIpc) is 2.63. The molecule has 102 valence electrons. The first-order valence-corrected chi connectivity index (χ1v) is 6.06. The van der Waals surface area contributed by atoms with Gasteiger partial charge in [-0.25, -0.2) is 4.68 Å². The van der Waals surface area contributed by atoms with Gasteiger partial charge in [0.15, 0.2) is 0 Å². The number of ether oxygens (including phenoxy) is 1. The molecular weight excluding hydrogens is 236 g/mol. The Labute approximate surface area is 106 Å². The van der Waals surface area contributed by atoms with Crippen molar-refractivity contribution in [1.29, 1.82) is 0 Å². The number of nitrogens with one attached hydrogen (secondary N) is 1. The second-order valence-corrected chi connectivity index (χ2v) is 4.03. The van der Waals surface area contributed by atoms with Crippen LogP contribution in [-0.4, -0.2) is 34.0 Å². The number of rotatable bonds is 7. The van der Waals surface area contributed by atoms with Crippen LogP contribution >= 0.6 is 0 Å². The van der Waals surface area contributed by atoms with Gasteiger partial charge in [-0.3, -0.25) is 10.1 Å². The van der Waals surface area contributed by atoms with E-state index in [1.54, 1.807) is 7.05 Å². The summed E-state index contributed by atoms with van der Waals surface area (Å²) in [6.45, 7) is 6.81. The Hall–Kier alpha value is -1.63. The van der Waals surface area contributed by atoms with Crippen molar-refractivity contribution >= 4 is 11.5 Å². The largest absolute Gasteiger partial charge is 0.377 e. The fraction of sp³-hybridized carbons (Fsp3) is 0.727. The van der Waals surface area contributed by atoms with Crippen LogP contribution in [0.5, 0.6) is 0 Å². The van der Waals surface area contributed by atoms with Crippen LogP contribution in [0.3, 0.4) is 0 Å². The molecule has 1 unspecified atom stereocenters. The Morgan fingerprint density at radius 3 is 2.72 bits per heavy atom. The number of hydrogen-bond acceptors (Lipinski definition) is 5. The second kappa shape index (κ2) is 6.34. The molecule has 0 aromatic carbocycles. The van der Waals surface area contributed by atoms with E-state index < -0.39 is 0 Å². The zero-order valence-corrected chi connectivity index (χ0v) is 11.3. The van der Waals surface area contributed by atoms with E-state index in [1.807, 2.05) is 20.8 Å². The number of nitrogens with zero attached hydrogens (tertiary/aromatic N) is 3. The van der Waals surface area contributed by atoms with Gasteiger partial charge in [-0.15, -0.1) is 0 Å². The normalized spacial score (nSPS) is 12.4. The first kappa shape index (κ1) is 14.4. The van der Waals surface area contributed by atoms with Crippen LogP contribution in [0.4, 0.5) is 11.5 Å². The third kappa shape index (κ3) is 3.19. The van der Waals surface area contributed by atoms with Gasteiger partial charge in [0.2, 0.25) is 5.82 Å². The minimum Gasteiger partial charge on any atom is -0.377 e. The number of nitro groups is 1. The number of aromatic nitrogens is 2. The quantitative estimate of drug-likeness (QED) is 0.593. The molecule has 7 heteroatoms. The maximum atomic E-state index is 11.1. The third-order valence-electron chi connectivity index (χ3n) is 2.62. The van der Waals surface area contributed by atoms with Crippen molar-refractivity contribution in [1.82, 2.24) is 9.78 Å². The van der Waals surface area contributed by atoms with Gasteiger partial charge in [0.05, 0.1) is 11.0 Å². The summed E-state index contributed by atoms with van der Waals surface area (Å²) in [4.78, 5) is 10.7. The number of aryl methyl sites for hydroxylation is 2. The van der Waals surface area contributed by atoms with Gasteiger partial charge in [0.1, 0.15) is 5.69 Å². The highest BCUT2D eigenvalue weighted by Crippen LogP contribution is 2.28. The van der Waals surface area contributed by atoms with Crippen molar-refractivity contribution < 1.29 is 9.66 Å². The van der Waals surface area contributed by atoms with E-state index in [1.165, 1.54) is 4.68 Å². The van der Waals surface area contributed by atoms with E-state index in [-0.39, 0.29) is 16.7 Å². The molecule has 0 bridgehead atoms. The Balaban J connectivity index is 2.87. The lowest BCUT2D eigenvalue weighted by Gasteiger charge is -2.13. The van der Waals surface area contributed by atoms with Crippen molar-refractivity contribution in [2.75, 3.05) is 18.5 Å². The molecule has 1 aromatic rings. The molecule has 1 aromatic heterocycles. The molecule has 1 rings (SSSR count). The summed E-state index contributed by atoms with van der Waals surface area (Å²) < 4.78 is 6.88. The van der Waals surface area contributed by atoms with Gasteiger partial charge < -0.3 is 10.1 Å². The Bertz CT molecular complexity index is 417. The van der Waals surface area contributed by atoms with E-state index in [9.17, 15) is 10.1 Å². The summed E-state index contributed by atoms with van der Waals surface area (Å²) in [5.74, 6) is 0.434. The average molecular weight is 256 g/mol. The fourth-order valence-corrected chi connectivity index (χ4v) is 1.78. The summed E-state index contributed by atoms with van der Waals surface area (Å²) in [5.41, 5.74) is 0.553. The molecule has 1 atom stereocenters. The van der Waals surface area contributed by atoms with Gasteiger partial charge >= 0.3 is 5.69 Å². The molecule has 7 nitrogen and oxygen atoms in total. The van der Waals surface area contributed by atoms with Crippen LogP contribution in [0.1, 0.15) is 26.5 Å². The van der Waals surface area contributed by atoms with Crippen molar-refractivity contribution in [3.8, 4) is 0 Å². The van der Waals surface area contributed by atoms with Gasteiger partial charge in [0.25, 0.3) is 0 Å². The van der Waals surface area contributed by atoms with Crippen LogP contribution in [-0.2, 0) is 18.2 Å². The lowest BCUT2D eigenvalue weighted by Crippen LogP contribution is -2.21. The summed E-state index contributed by atoms with van der Waals surface area (Å²) in [5, 5.41) is 18.2. The first-order valence-electron chi connectivity index (χ1n) is 6.06. The van der Waals surface area contributed by atoms with Gasteiger partial charge in [-0.05, 0) is 20.3 Å². The zero-order chi connectivity index (χ0) is 13.7. The molecule has 0 aliphatic rings. The van der Waals surface area contributed by atoms with E-state index in [0.29, 0.717) is 31.1 Å². The zero-order valence-electron chi connectivity index (χ0n) is 11.3. The Kier molecular flexibility index (Phi) is 5.08. The highest BCUT2D eigenvalue weighted by molar-refractivity contribution is 5.59. The first-order chi connectivity index (χ1) is 8.51. The molecule has 0 amide bonds. The van der Waals surface area contributed by atoms with Crippen LogP contribution in [0.2, 0.25) is 0 Å². The summed E-state index contributed by atoms with van der Waals surface area (Å²) in [6, 6.07) is 0. The standard InChI is InChI=1S/C11H20N4O3/c1-5-9-10(15(16)17)11(14(4)13-9)12-7-8(3)18-6-2/h8,12H,5-7H2,1-4H3. The molecule has 0 spiro atoms. The summed E-state index contributed by atoms with van der Waals surface area (Å²) in [7, 11) is 1.69. The van der Waals surface area contributed by atoms with E-state index in [0.717, 1.165) is 0 Å². The highest BCUT2D eigenvalue weighted by atomic mass is 16.6. The SMILES string of the molecule is CCOC(C)CNc1c([N+](=O)[O-])c(CC)nn1C. The van der Waals surface area contributed by atoms with Crippen molar-refractivity contribution in [2.45, 2.75) is 33.3 Å². The summed E-state index contributed by atoms with van der Waals surface area (Å²) >= 11 is 0. The van der Waals surface area contributed by atoms with E-state index in [4.69, 9.17) is 4.74 Å². The highest BCUT2D eigenvalue weighted by Gasteiger charge is 2.25. The van der Waals surface area contributed by atoms with E-state index >= 15 is 0 Å². The van der Waals surface area contributed by atoms with Crippen LogP contribution < -0.4 is 5.32 Å². The molecule has 18 heavy (non-hydrogen) atoms. The number of anilines is 1. The second-order valence-electron chi connectivity index (χ2n) is 4.03. The maximum absolute atomic E-state index is 11.1. The van der Waals surface area contributed by atoms with Gasteiger partial charge in [-0.2, -0.15) is 5.10 Å². The lowest BCUT2D eigenvalue weighted by atomic mass is 10.3. The van der Waals surface area contributed by atoms with Gasteiger partial charge in [0, 0.05) is 20.2 Å². The van der Waals surface area contributed by atoms with Crippen LogP contribution in [0.15, 0.2) is 0 Å². The maximum Gasteiger partial charge on any atom is 0.333 e. The van der Waals surface area contributed by atoms with Gasteiger partial charge in [-0.1, -0.05) is 6.92 Å². The van der Waals surface area contributed by atoms with Crippen molar-refractivity contribution in [3.63, 3.8) is 0 Å². The third-order valence-corrected chi connectivity index (χ3v) is 2.62. The lowest BCUT2D eigenvalue weighted by molar-refractivity contribution is -0.384. The Morgan fingerprint density at radius 2 is 2.22 bits per heavy atom. The molecule has 0 radical (unpaired) electrons. The molecule has 0 fully saturated rings. The van der Waals surface area contributed by atoms with Crippen LogP contribution in [0.25, 0.3) is 0 Å². The molecule has 0 saturated heterocycles. The predicted octanol–water partition coefficient (Wildman–Crippen LogP) is 1.73. The summed E-state index contributed by atoms with van der Waals surface area (Å²) in [6.07, 6.45) is 0.530. The number of hydrogen-bond donors (Lipinski definition) is 1. The van der Waals surface area contributed by atoms with Crippen molar-refractivity contribution in [2.24, 2.45) is 7.05 Å². The minimum atomic E-state index is -0.389. The molecule has 0 aliphatic carbocycles. The molecular formula is C11H20N4O3. The smallest absolute Gasteiger partial charge is 0.333 e. The molecule has 0 saturated carbocycles. The van der Waals surface area contributed by atoms with Crippen molar-refractivity contribution in [3.05, 3.63) is 15.8 Å². The minimum absolute atomic E-state index is 0.00502. The van der Waals surface area contributed by atoms with Crippen LogP contribution in [0, 0.1) is 10.1 Å². The molecule has 1 N–H and O–H groups in total. The van der Waals surface area contributed by atoms with E-state index in [2.05, 4.69) is 10.4 Å².